The number of nitrogens with zero attached hydrogens (tertiary/aromatic N) is 1. The Bertz CT molecular complexity index is 852. The Morgan fingerprint density at radius 2 is 1.78 bits per heavy atom. The van der Waals surface area contributed by atoms with Gasteiger partial charge in [-0.15, -0.1) is 0 Å². The molecule has 1 aliphatic rings. The summed E-state index contributed by atoms with van der Waals surface area (Å²) in [6, 6.07) is 10.7. The molecule has 0 unspecified atom stereocenters. The fourth-order valence-electron chi connectivity index (χ4n) is 3.03. The maximum absolute atomic E-state index is 12.8. The van der Waals surface area contributed by atoms with E-state index in [4.69, 9.17) is 0 Å². The fraction of sp³-hybridized carbons (Fsp3) is 0.353. The molecule has 0 saturated carbocycles. The number of nitrogens with one attached hydrogen (secondary N) is 1. The van der Waals surface area contributed by atoms with Gasteiger partial charge in [0.1, 0.15) is 6.54 Å². The van der Waals surface area contributed by atoms with E-state index in [0.29, 0.717) is 11.1 Å². The molecule has 5 nitrogen and oxygen atoms in total. The van der Waals surface area contributed by atoms with Gasteiger partial charge >= 0.3 is 0 Å². The lowest BCUT2D eigenvalue weighted by atomic mass is 10.1. The second-order valence-corrected chi connectivity index (χ2v) is 7.55. The monoisotopic (exact) mass is 332 g/mol. The van der Waals surface area contributed by atoms with Crippen LogP contribution in [0.1, 0.15) is 26.7 Å². The van der Waals surface area contributed by atoms with Crippen molar-refractivity contribution in [2.75, 3.05) is 10.8 Å². The lowest BCUT2D eigenvalue weighted by molar-refractivity contribution is -0.120. The zero-order chi connectivity index (χ0) is 16.6. The van der Waals surface area contributed by atoms with Crippen molar-refractivity contribution in [1.29, 1.82) is 0 Å². The number of hydrogen-bond donors (Lipinski definition) is 1. The third kappa shape index (κ3) is 2.57. The zero-order valence-corrected chi connectivity index (χ0v) is 14.1. The normalized spacial score (nSPS) is 15.3. The van der Waals surface area contributed by atoms with Crippen molar-refractivity contribution in [3.8, 4) is 0 Å². The molecule has 1 heterocycles. The molecule has 0 spiro atoms. The number of hydrogen-bond acceptors (Lipinski definition) is 3. The molecule has 0 aromatic heterocycles. The predicted molar refractivity (Wildman–Crippen MR) is 91.0 cm³/mol. The molecule has 0 saturated heterocycles. The van der Waals surface area contributed by atoms with Crippen LogP contribution in [-0.2, 0) is 14.8 Å². The number of benzene rings is 2. The molecule has 2 aromatic carbocycles. The summed E-state index contributed by atoms with van der Waals surface area (Å²) in [5.74, 6) is -0.271. The smallest absolute Gasteiger partial charge is 0.265 e. The highest BCUT2D eigenvalue weighted by atomic mass is 32.2. The van der Waals surface area contributed by atoms with E-state index in [1.807, 2.05) is 32.0 Å². The van der Waals surface area contributed by atoms with E-state index in [9.17, 15) is 13.2 Å². The van der Waals surface area contributed by atoms with Crippen LogP contribution in [0.4, 0.5) is 5.69 Å². The molecule has 3 rings (SSSR count). The Kier molecular flexibility index (Phi) is 4.02. The minimum absolute atomic E-state index is 0.0750. The van der Waals surface area contributed by atoms with Gasteiger partial charge in [0.05, 0.1) is 10.6 Å². The van der Waals surface area contributed by atoms with Gasteiger partial charge < -0.3 is 5.32 Å². The van der Waals surface area contributed by atoms with E-state index < -0.39 is 10.0 Å². The maximum Gasteiger partial charge on any atom is 0.265 e. The maximum atomic E-state index is 12.8. The highest BCUT2D eigenvalue weighted by molar-refractivity contribution is 7.93. The van der Waals surface area contributed by atoms with Crippen molar-refractivity contribution in [3.63, 3.8) is 0 Å². The first-order valence-electron chi connectivity index (χ1n) is 7.82. The molecule has 6 heteroatoms. The average molecular weight is 332 g/mol. The summed E-state index contributed by atoms with van der Waals surface area (Å²) in [6.45, 7) is 3.81. The van der Waals surface area contributed by atoms with Gasteiger partial charge in [0.25, 0.3) is 10.0 Å². The van der Waals surface area contributed by atoms with Crippen LogP contribution in [0.2, 0.25) is 0 Å². The molecule has 1 aliphatic heterocycles. The van der Waals surface area contributed by atoms with E-state index in [1.54, 1.807) is 18.2 Å². The first-order chi connectivity index (χ1) is 11.0. The van der Waals surface area contributed by atoms with Crippen molar-refractivity contribution >= 4 is 32.4 Å². The summed E-state index contributed by atoms with van der Waals surface area (Å²) in [5.41, 5.74) is 0.581. The summed E-state index contributed by atoms with van der Waals surface area (Å²) in [5, 5.41) is 4.46. The quantitative estimate of drug-likeness (QED) is 0.915. The van der Waals surface area contributed by atoms with Gasteiger partial charge in [0.15, 0.2) is 0 Å². The second-order valence-electron chi connectivity index (χ2n) is 5.72. The van der Waals surface area contributed by atoms with Crippen molar-refractivity contribution in [1.82, 2.24) is 5.32 Å². The minimum atomic E-state index is -3.67. The molecule has 0 fully saturated rings. The summed E-state index contributed by atoms with van der Waals surface area (Å²) in [7, 11) is -3.67. The van der Waals surface area contributed by atoms with Gasteiger partial charge in [-0.05, 0) is 30.4 Å². The number of carbonyl (C=O) groups is 1. The third-order valence-electron chi connectivity index (χ3n) is 4.32. The molecule has 2 aromatic rings. The predicted octanol–water partition coefficient (Wildman–Crippen LogP) is 2.65. The van der Waals surface area contributed by atoms with Crippen LogP contribution < -0.4 is 9.62 Å². The van der Waals surface area contributed by atoms with E-state index in [0.717, 1.165) is 18.2 Å². The van der Waals surface area contributed by atoms with E-state index >= 15 is 0 Å². The molecule has 23 heavy (non-hydrogen) atoms. The van der Waals surface area contributed by atoms with Gasteiger partial charge in [-0.1, -0.05) is 38.1 Å². The van der Waals surface area contributed by atoms with Crippen LogP contribution in [0, 0.1) is 0 Å². The van der Waals surface area contributed by atoms with Crippen LogP contribution in [0.25, 0.3) is 10.8 Å². The third-order valence-corrected chi connectivity index (χ3v) is 6.12. The fourth-order valence-corrected chi connectivity index (χ4v) is 4.69. The van der Waals surface area contributed by atoms with Crippen LogP contribution in [0.3, 0.4) is 0 Å². The second kappa shape index (κ2) is 5.85. The number of rotatable bonds is 5. The number of carbonyl (C=O) groups excluding carboxylic acids is 1. The highest BCUT2D eigenvalue weighted by Gasteiger charge is 2.36. The van der Waals surface area contributed by atoms with E-state index in [-0.39, 0.29) is 23.4 Å². The Morgan fingerprint density at radius 3 is 2.43 bits per heavy atom. The molecule has 0 atom stereocenters. The van der Waals surface area contributed by atoms with Crippen LogP contribution in [0.5, 0.6) is 0 Å². The van der Waals surface area contributed by atoms with Gasteiger partial charge in [0.2, 0.25) is 5.91 Å². The summed E-state index contributed by atoms with van der Waals surface area (Å²) in [4.78, 5) is 12.5. The Hall–Kier alpha value is -2.08. The Morgan fingerprint density at radius 1 is 1.13 bits per heavy atom. The largest absolute Gasteiger partial charge is 0.352 e. The summed E-state index contributed by atoms with van der Waals surface area (Å²) in [6.07, 6.45) is 1.65. The highest BCUT2D eigenvalue weighted by Crippen LogP contribution is 2.41. The first kappa shape index (κ1) is 15.8. The van der Waals surface area contributed by atoms with E-state index in [1.165, 1.54) is 4.31 Å². The summed E-state index contributed by atoms with van der Waals surface area (Å²) >= 11 is 0. The topological polar surface area (TPSA) is 66.5 Å². The number of sulfonamides is 1. The van der Waals surface area contributed by atoms with E-state index in [2.05, 4.69) is 5.32 Å². The first-order valence-corrected chi connectivity index (χ1v) is 9.27. The molecule has 0 radical (unpaired) electrons. The van der Waals surface area contributed by atoms with Gasteiger partial charge in [-0.3, -0.25) is 9.10 Å². The van der Waals surface area contributed by atoms with Gasteiger partial charge in [-0.25, -0.2) is 8.42 Å². The van der Waals surface area contributed by atoms with Crippen molar-refractivity contribution in [3.05, 3.63) is 36.4 Å². The van der Waals surface area contributed by atoms with Crippen LogP contribution in [0.15, 0.2) is 41.3 Å². The standard InChI is InChI=1S/C17H20N2O3S/c1-3-13(4-2)18-16(20)11-19-14-9-5-7-12-8-6-10-15(17(12)14)23(19,21)22/h5-10,13H,3-4,11H2,1-2H3,(H,18,20). The van der Waals surface area contributed by atoms with Crippen molar-refractivity contribution in [2.45, 2.75) is 37.6 Å². The molecular weight excluding hydrogens is 312 g/mol. The van der Waals surface area contributed by atoms with Gasteiger partial charge in [0, 0.05) is 11.4 Å². The number of amides is 1. The molecule has 122 valence electrons. The molecule has 0 aliphatic carbocycles. The molecule has 1 N–H and O–H groups in total. The van der Waals surface area contributed by atoms with Crippen molar-refractivity contribution < 1.29 is 13.2 Å². The van der Waals surface area contributed by atoms with Crippen molar-refractivity contribution in [2.24, 2.45) is 0 Å². The average Bonchev–Trinajstić information content (AvgIpc) is 2.76. The van der Waals surface area contributed by atoms with Gasteiger partial charge in [-0.2, -0.15) is 0 Å². The molecular formula is C17H20N2O3S. The Balaban J connectivity index is 1.96. The van der Waals surface area contributed by atoms with Crippen LogP contribution in [-0.4, -0.2) is 26.9 Å². The summed E-state index contributed by atoms with van der Waals surface area (Å²) < 4.78 is 26.8. The lowest BCUT2D eigenvalue weighted by Crippen LogP contribution is -2.42. The molecule has 1 amide bonds. The van der Waals surface area contributed by atoms with Crippen LogP contribution >= 0.6 is 0 Å². The lowest BCUT2D eigenvalue weighted by Gasteiger charge is -2.21. The Labute approximate surface area is 136 Å². The minimum Gasteiger partial charge on any atom is -0.352 e. The number of anilines is 1. The zero-order valence-electron chi connectivity index (χ0n) is 13.2. The molecule has 0 bridgehead atoms. The SMILES string of the molecule is CCC(CC)NC(=O)CN1c2cccc3cccc(c23)S1(=O)=O.